The molecule has 2 aliphatic heterocycles. The van der Waals surface area contributed by atoms with Crippen molar-refractivity contribution in [3.05, 3.63) is 58.1 Å². The van der Waals surface area contributed by atoms with Crippen molar-refractivity contribution in [2.24, 2.45) is 4.99 Å². The zero-order valence-corrected chi connectivity index (χ0v) is 19.6. The lowest BCUT2D eigenvalue weighted by Gasteiger charge is -2.33. The third kappa shape index (κ3) is 3.95. The van der Waals surface area contributed by atoms with Gasteiger partial charge in [0.05, 0.1) is 25.0 Å². The maximum absolute atomic E-state index is 6.40. The summed E-state index contributed by atoms with van der Waals surface area (Å²) in [7, 11) is 1.73. The molecule has 0 amide bonds. The molecule has 0 bridgehead atoms. The number of methoxy groups -OCH3 is 1. The summed E-state index contributed by atoms with van der Waals surface area (Å²) in [5.41, 5.74) is 6.52. The number of benzene rings is 2. The largest absolute Gasteiger partial charge is 0.492 e. The molecule has 0 N–H and O–H groups in total. The summed E-state index contributed by atoms with van der Waals surface area (Å²) >= 11 is 0. The smallest absolute Gasteiger partial charge is 0.166 e. The van der Waals surface area contributed by atoms with Crippen LogP contribution in [0.2, 0.25) is 0 Å². The maximum Gasteiger partial charge on any atom is 0.166 e. The minimum Gasteiger partial charge on any atom is -0.492 e. The van der Waals surface area contributed by atoms with E-state index in [1.54, 1.807) is 7.11 Å². The van der Waals surface area contributed by atoms with Crippen molar-refractivity contribution in [2.75, 3.05) is 13.7 Å². The second-order valence-electron chi connectivity index (χ2n) is 9.16. The van der Waals surface area contributed by atoms with Crippen LogP contribution in [-0.4, -0.2) is 30.6 Å². The molecular weight excluding hydrogens is 398 g/mol. The van der Waals surface area contributed by atoms with Gasteiger partial charge in [-0.25, -0.2) is 0 Å². The van der Waals surface area contributed by atoms with Gasteiger partial charge in [0, 0.05) is 35.3 Å². The lowest BCUT2D eigenvalue weighted by molar-refractivity contribution is 0.124. The second-order valence-corrected chi connectivity index (χ2v) is 9.16. The SMILES string of the molecule is CCOCc1c2c(c3c(c1OC)OC(C)(C)C3)C(c1ccccc1)=NC(C)(C)C2.Cl. The van der Waals surface area contributed by atoms with Crippen LogP contribution < -0.4 is 9.47 Å². The van der Waals surface area contributed by atoms with Crippen molar-refractivity contribution in [1.29, 1.82) is 0 Å². The van der Waals surface area contributed by atoms with Crippen molar-refractivity contribution < 1.29 is 14.2 Å². The van der Waals surface area contributed by atoms with Crippen LogP contribution in [0.1, 0.15) is 62.4 Å². The molecule has 4 rings (SSSR count). The summed E-state index contributed by atoms with van der Waals surface area (Å²) in [5, 5.41) is 0. The Morgan fingerprint density at radius 2 is 1.73 bits per heavy atom. The van der Waals surface area contributed by atoms with Gasteiger partial charge >= 0.3 is 0 Å². The van der Waals surface area contributed by atoms with E-state index in [2.05, 4.69) is 52.0 Å². The number of halogens is 1. The van der Waals surface area contributed by atoms with Crippen LogP contribution in [-0.2, 0) is 24.2 Å². The molecule has 2 aromatic rings. The Kier molecular flexibility index (Phi) is 6.22. The molecule has 0 radical (unpaired) electrons. The van der Waals surface area contributed by atoms with E-state index in [1.165, 1.54) is 16.7 Å². The topological polar surface area (TPSA) is 40.0 Å². The van der Waals surface area contributed by atoms with Crippen molar-refractivity contribution >= 4 is 18.1 Å². The number of aliphatic imine (C=N–C) groups is 1. The molecule has 30 heavy (non-hydrogen) atoms. The van der Waals surface area contributed by atoms with Crippen molar-refractivity contribution in [3.63, 3.8) is 0 Å². The minimum atomic E-state index is -0.275. The Hall–Kier alpha value is -2.04. The van der Waals surface area contributed by atoms with Gasteiger partial charge in [-0.2, -0.15) is 0 Å². The second kappa shape index (κ2) is 8.24. The fraction of sp³-hybridized carbons (Fsp3) is 0.480. The molecule has 2 heterocycles. The first-order valence-corrected chi connectivity index (χ1v) is 10.4. The first-order chi connectivity index (χ1) is 13.8. The van der Waals surface area contributed by atoms with E-state index in [9.17, 15) is 0 Å². The fourth-order valence-corrected chi connectivity index (χ4v) is 4.56. The fourth-order valence-electron chi connectivity index (χ4n) is 4.56. The van der Waals surface area contributed by atoms with E-state index in [0.717, 1.165) is 41.2 Å². The number of fused-ring (bicyclic) bond motifs is 3. The van der Waals surface area contributed by atoms with Crippen molar-refractivity contribution in [1.82, 2.24) is 0 Å². The van der Waals surface area contributed by atoms with Crippen LogP contribution in [0.3, 0.4) is 0 Å². The lowest BCUT2D eigenvalue weighted by Crippen LogP contribution is -2.31. The van der Waals surface area contributed by atoms with Gasteiger partial charge in [-0.15, -0.1) is 12.4 Å². The average molecular weight is 430 g/mol. The van der Waals surface area contributed by atoms with Crippen molar-refractivity contribution in [3.8, 4) is 11.5 Å². The summed E-state index contributed by atoms with van der Waals surface area (Å²) in [6.07, 6.45) is 1.69. The zero-order valence-electron chi connectivity index (χ0n) is 18.8. The third-order valence-electron chi connectivity index (χ3n) is 5.67. The van der Waals surface area contributed by atoms with E-state index in [1.807, 2.05) is 13.0 Å². The Bertz CT molecular complexity index is 964. The normalized spacial score (nSPS) is 17.9. The highest BCUT2D eigenvalue weighted by Crippen LogP contribution is 2.50. The summed E-state index contributed by atoms with van der Waals surface area (Å²) in [6.45, 7) is 11.8. The molecular formula is C25H32ClNO3. The molecule has 0 spiro atoms. The van der Waals surface area contributed by atoms with Crippen molar-refractivity contribution in [2.45, 2.75) is 65.2 Å². The summed E-state index contributed by atoms with van der Waals surface area (Å²) in [4.78, 5) is 5.21. The summed E-state index contributed by atoms with van der Waals surface area (Å²) in [6, 6.07) is 10.5. The monoisotopic (exact) mass is 429 g/mol. The molecule has 0 aromatic heterocycles. The molecule has 0 fully saturated rings. The number of hydrogen-bond acceptors (Lipinski definition) is 4. The Morgan fingerprint density at radius 3 is 2.37 bits per heavy atom. The highest BCUT2D eigenvalue weighted by Gasteiger charge is 2.41. The van der Waals surface area contributed by atoms with Crippen LogP contribution in [0.4, 0.5) is 0 Å². The van der Waals surface area contributed by atoms with Gasteiger partial charge in [0.25, 0.3) is 0 Å². The van der Waals surface area contributed by atoms with Crippen LogP contribution in [0, 0.1) is 0 Å². The lowest BCUT2D eigenvalue weighted by atomic mass is 9.78. The average Bonchev–Trinajstić information content (AvgIpc) is 2.99. The molecule has 0 aliphatic carbocycles. The van der Waals surface area contributed by atoms with Gasteiger partial charge in [-0.3, -0.25) is 4.99 Å². The van der Waals surface area contributed by atoms with E-state index in [4.69, 9.17) is 19.2 Å². The third-order valence-corrected chi connectivity index (χ3v) is 5.67. The van der Waals surface area contributed by atoms with Gasteiger partial charge in [0.1, 0.15) is 5.60 Å². The van der Waals surface area contributed by atoms with Gasteiger partial charge in [-0.05, 0) is 46.6 Å². The number of rotatable bonds is 5. The molecule has 2 aromatic carbocycles. The Morgan fingerprint density at radius 1 is 1.03 bits per heavy atom. The standard InChI is InChI=1S/C25H31NO3.ClH/c1-7-28-15-19-17-13-24(2,3)26-21(16-11-9-8-10-12-16)20(17)18-14-25(4,5)29-23(18)22(19)27-6;/h8-12H,7,13-15H2,1-6H3;1H. The van der Waals surface area contributed by atoms with Gasteiger partial charge in [0.15, 0.2) is 11.5 Å². The molecule has 162 valence electrons. The summed E-state index contributed by atoms with van der Waals surface area (Å²) < 4.78 is 18.2. The number of hydrogen-bond donors (Lipinski definition) is 0. The predicted octanol–water partition coefficient (Wildman–Crippen LogP) is 5.54. The Labute approximate surface area is 186 Å². The van der Waals surface area contributed by atoms with Crippen LogP contribution >= 0.6 is 12.4 Å². The predicted molar refractivity (Wildman–Crippen MR) is 124 cm³/mol. The van der Waals surface area contributed by atoms with E-state index >= 15 is 0 Å². The van der Waals surface area contributed by atoms with Gasteiger partial charge < -0.3 is 14.2 Å². The minimum absolute atomic E-state index is 0. The van der Waals surface area contributed by atoms with Crippen LogP contribution in [0.25, 0.3) is 0 Å². The number of ether oxygens (including phenoxy) is 3. The molecule has 0 unspecified atom stereocenters. The maximum atomic E-state index is 6.40. The first kappa shape index (κ1) is 22.6. The van der Waals surface area contributed by atoms with E-state index in [0.29, 0.717) is 13.2 Å². The van der Waals surface area contributed by atoms with Crippen LogP contribution in [0.15, 0.2) is 35.3 Å². The summed E-state index contributed by atoms with van der Waals surface area (Å²) in [5.74, 6) is 1.68. The molecule has 4 nitrogen and oxygen atoms in total. The van der Waals surface area contributed by atoms with Crippen LogP contribution in [0.5, 0.6) is 11.5 Å². The van der Waals surface area contributed by atoms with Gasteiger partial charge in [-0.1, -0.05) is 30.3 Å². The Balaban J connectivity index is 0.00000256. The molecule has 0 saturated heterocycles. The van der Waals surface area contributed by atoms with E-state index in [-0.39, 0.29) is 23.5 Å². The molecule has 2 aliphatic rings. The number of nitrogens with zero attached hydrogens (tertiary/aromatic N) is 1. The zero-order chi connectivity index (χ0) is 20.8. The molecule has 0 saturated carbocycles. The highest BCUT2D eigenvalue weighted by molar-refractivity contribution is 6.16. The highest BCUT2D eigenvalue weighted by atomic mass is 35.5. The van der Waals surface area contributed by atoms with Gasteiger partial charge in [0.2, 0.25) is 0 Å². The molecule has 5 heteroatoms. The molecule has 0 atom stereocenters. The van der Waals surface area contributed by atoms with E-state index < -0.39 is 0 Å². The quantitative estimate of drug-likeness (QED) is 0.626. The first-order valence-electron chi connectivity index (χ1n) is 10.4.